The first-order valence-corrected chi connectivity index (χ1v) is 6.00. The highest BCUT2D eigenvalue weighted by Gasteiger charge is 2.11. The van der Waals surface area contributed by atoms with E-state index in [9.17, 15) is 4.79 Å². The van der Waals surface area contributed by atoms with Crippen LogP contribution in [-0.2, 0) is 4.79 Å². The van der Waals surface area contributed by atoms with E-state index in [2.05, 4.69) is 28.8 Å². The summed E-state index contributed by atoms with van der Waals surface area (Å²) in [6.45, 7) is 4.68. The van der Waals surface area contributed by atoms with Crippen LogP contribution < -0.4 is 10.5 Å². The van der Waals surface area contributed by atoms with Crippen LogP contribution in [-0.4, -0.2) is 27.5 Å². The Hall–Kier alpha value is -2.37. The summed E-state index contributed by atoms with van der Waals surface area (Å²) in [4.78, 5) is 22.1. The van der Waals surface area contributed by atoms with Crippen LogP contribution in [0.4, 0.5) is 0 Å². The maximum Gasteiger partial charge on any atom is 0.241 e. The van der Waals surface area contributed by atoms with Gasteiger partial charge in [-0.25, -0.2) is 9.97 Å². The van der Waals surface area contributed by atoms with E-state index in [1.807, 2.05) is 0 Å². The number of rotatable bonds is 5. The van der Waals surface area contributed by atoms with Gasteiger partial charge < -0.3 is 15.5 Å². The van der Waals surface area contributed by atoms with Crippen molar-refractivity contribution in [1.82, 2.24) is 15.0 Å². The molecular weight excluding hydrogens is 244 g/mol. The third kappa shape index (κ3) is 3.09. The van der Waals surface area contributed by atoms with Gasteiger partial charge in [0.25, 0.3) is 0 Å². The number of hydrogen-bond acceptors (Lipinski definition) is 4. The van der Waals surface area contributed by atoms with Gasteiger partial charge in [-0.1, -0.05) is 13.8 Å². The lowest BCUT2D eigenvalue weighted by Crippen LogP contribution is -2.06. The van der Waals surface area contributed by atoms with Crippen molar-refractivity contribution >= 4 is 23.0 Å². The lowest BCUT2D eigenvalue weighted by molar-refractivity contribution is -0.113. The average Bonchev–Trinajstić information content (AvgIpc) is 2.77. The fraction of sp³-hybridized carbons (Fsp3) is 0.308. The topological polar surface area (TPSA) is 93.9 Å². The molecule has 0 aliphatic heterocycles. The molecule has 2 aromatic rings. The van der Waals surface area contributed by atoms with Crippen molar-refractivity contribution in [3.63, 3.8) is 0 Å². The zero-order chi connectivity index (χ0) is 13.8. The van der Waals surface area contributed by atoms with Crippen LogP contribution in [0.5, 0.6) is 5.88 Å². The van der Waals surface area contributed by atoms with Gasteiger partial charge in [0, 0.05) is 17.8 Å². The van der Waals surface area contributed by atoms with E-state index in [0.717, 1.165) is 10.9 Å². The van der Waals surface area contributed by atoms with Gasteiger partial charge in [-0.3, -0.25) is 4.79 Å². The second kappa shape index (κ2) is 5.51. The molecule has 6 nitrogen and oxygen atoms in total. The molecule has 0 aliphatic carbocycles. The summed E-state index contributed by atoms with van der Waals surface area (Å²) in [6, 6.07) is 0. The number of hydrogen-bond donors (Lipinski definition) is 2. The van der Waals surface area contributed by atoms with E-state index in [1.54, 1.807) is 12.3 Å². The van der Waals surface area contributed by atoms with Crippen molar-refractivity contribution in [1.29, 1.82) is 0 Å². The van der Waals surface area contributed by atoms with E-state index < -0.39 is 5.91 Å². The molecule has 0 atom stereocenters. The van der Waals surface area contributed by atoms with Crippen molar-refractivity contribution in [2.45, 2.75) is 13.8 Å². The number of carbonyl (C=O) groups excluding carboxylic acids is 1. The highest BCUT2D eigenvalue weighted by atomic mass is 16.5. The van der Waals surface area contributed by atoms with Gasteiger partial charge in [0.2, 0.25) is 11.8 Å². The van der Waals surface area contributed by atoms with E-state index in [4.69, 9.17) is 10.5 Å². The summed E-state index contributed by atoms with van der Waals surface area (Å²) in [5.74, 6) is 0.397. The Morgan fingerprint density at radius 1 is 1.53 bits per heavy atom. The average molecular weight is 260 g/mol. The highest BCUT2D eigenvalue weighted by Crippen LogP contribution is 2.26. The molecule has 3 N–H and O–H groups in total. The number of amides is 1. The molecule has 100 valence electrons. The molecule has 2 rings (SSSR count). The third-order valence-corrected chi connectivity index (χ3v) is 2.45. The SMILES string of the molecule is CC(C)COc1ncnc2[nH]cc(/C=C/C(N)=O)c12. The Morgan fingerprint density at radius 3 is 3.00 bits per heavy atom. The molecule has 0 bridgehead atoms. The first-order valence-electron chi connectivity index (χ1n) is 6.00. The lowest BCUT2D eigenvalue weighted by Gasteiger charge is -2.08. The van der Waals surface area contributed by atoms with Crippen LogP contribution in [0, 0.1) is 5.92 Å². The fourth-order valence-corrected chi connectivity index (χ4v) is 1.62. The van der Waals surface area contributed by atoms with Crippen LogP contribution in [0.1, 0.15) is 19.4 Å². The minimum Gasteiger partial charge on any atom is -0.477 e. The minimum absolute atomic E-state index is 0.397. The van der Waals surface area contributed by atoms with Gasteiger partial charge in [-0.2, -0.15) is 0 Å². The molecule has 2 heterocycles. The maximum atomic E-state index is 10.8. The van der Waals surface area contributed by atoms with Crippen LogP contribution in [0.3, 0.4) is 0 Å². The number of primary amides is 1. The number of ether oxygens (including phenoxy) is 1. The van der Waals surface area contributed by atoms with Crippen molar-refractivity contribution in [3.05, 3.63) is 24.2 Å². The lowest BCUT2D eigenvalue weighted by atomic mass is 10.2. The number of H-pyrrole nitrogens is 1. The molecule has 0 fully saturated rings. The second-order valence-electron chi connectivity index (χ2n) is 4.59. The quantitative estimate of drug-likeness (QED) is 0.796. The molecule has 0 saturated heterocycles. The Bertz CT molecular complexity index is 616. The predicted octanol–water partition coefficient (Wildman–Crippen LogP) is 1.49. The number of nitrogens with two attached hydrogens (primary N) is 1. The maximum absolute atomic E-state index is 10.8. The van der Waals surface area contributed by atoms with Gasteiger partial charge >= 0.3 is 0 Å². The number of aromatic nitrogens is 3. The Kier molecular flexibility index (Phi) is 3.79. The zero-order valence-corrected chi connectivity index (χ0v) is 10.9. The zero-order valence-electron chi connectivity index (χ0n) is 10.9. The van der Waals surface area contributed by atoms with Gasteiger partial charge in [0.1, 0.15) is 12.0 Å². The molecule has 0 aromatic carbocycles. The number of aromatic amines is 1. The van der Waals surface area contributed by atoms with Gasteiger partial charge in [-0.15, -0.1) is 0 Å². The van der Waals surface area contributed by atoms with E-state index in [0.29, 0.717) is 24.1 Å². The standard InChI is InChI=1S/C13H16N4O2/c1-8(2)6-19-13-11-9(3-4-10(14)18)5-15-12(11)16-7-17-13/h3-5,7-8H,6H2,1-2H3,(H2,14,18)(H,15,16,17)/b4-3+. The third-order valence-electron chi connectivity index (χ3n) is 2.45. The predicted molar refractivity (Wildman–Crippen MR) is 72.5 cm³/mol. The Balaban J connectivity index is 2.40. The molecule has 0 unspecified atom stereocenters. The first-order chi connectivity index (χ1) is 9.08. The Labute approximate surface area is 110 Å². The number of carbonyl (C=O) groups is 1. The number of fused-ring (bicyclic) bond motifs is 1. The highest BCUT2D eigenvalue weighted by molar-refractivity contribution is 5.96. The molecule has 0 aliphatic rings. The Morgan fingerprint density at radius 2 is 2.32 bits per heavy atom. The van der Waals surface area contributed by atoms with Gasteiger partial charge in [0.15, 0.2) is 0 Å². The molecular formula is C13H16N4O2. The van der Waals surface area contributed by atoms with Crippen LogP contribution in [0.15, 0.2) is 18.6 Å². The van der Waals surface area contributed by atoms with Crippen LogP contribution in [0.2, 0.25) is 0 Å². The molecule has 0 radical (unpaired) electrons. The molecule has 1 amide bonds. The smallest absolute Gasteiger partial charge is 0.241 e. The minimum atomic E-state index is -0.504. The molecule has 19 heavy (non-hydrogen) atoms. The largest absolute Gasteiger partial charge is 0.477 e. The number of nitrogens with zero attached hydrogens (tertiary/aromatic N) is 2. The summed E-state index contributed by atoms with van der Waals surface area (Å²) in [7, 11) is 0. The summed E-state index contributed by atoms with van der Waals surface area (Å²) in [6.07, 6.45) is 6.09. The first kappa shape index (κ1) is 13.1. The van der Waals surface area contributed by atoms with Crippen LogP contribution >= 0.6 is 0 Å². The van der Waals surface area contributed by atoms with E-state index in [1.165, 1.54) is 12.4 Å². The summed E-state index contributed by atoms with van der Waals surface area (Å²) >= 11 is 0. The van der Waals surface area contributed by atoms with E-state index in [-0.39, 0.29) is 0 Å². The van der Waals surface area contributed by atoms with Gasteiger partial charge in [-0.05, 0) is 12.0 Å². The van der Waals surface area contributed by atoms with Crippen molar-refractivity contribution in [3.8, 4) is 5.88 Å². The monoisotopic (exact) mass is 260 g/mol. The van der Waals surface area contributed by atoms with Gasteiger partial charge in [0.05, 0.1) is 12.0 Å². The summed E-state index contributed by atoms with van der Waals surface area (Å²) in [5, 5.41) is 0.751. The second-order valence-corrected chi connectivity index (χ2v) is 4.59. The fourth-order valence-electron chi connectivity index (χ4n) is 1.62. The summed E-state index contributed by atoms with van der Waals surface area (Å²) in [5.41, 5.74) is 6.53. The van der Waals surface area contributed by atoms with Crippen molar-refractivity contribution < 1.29 is 9.53 Å². The molecule has 2 aromatic heterocycles. The molecule has 0 saturated carbocycles. The van der Waals surface area contributed by atoms with E-state index >= 15 is 0 Å². The molecule has 0 spiro atoms. The molecule has 6 heteroatoms. The van der Waals surface area contributed by atoms with Crippen molar-refractivity contribution in [2.24, 2.45) is 11.7 Å². The van der Waals surface area contributed by atoms with Crippen LogP contribution in [0.25, 0.3) is 17.1 Å². The normalized spacial score (nSPS) is 11.5. The summed E-state index contributed by atoms with van der Waals surface area (Å²) < 4.78 is 5.67. The van der Waals surface area contributed by atoms with Crippen molar-refractivity contribution in [2.75, 3.05) is 6.61 Å². The number of nitrogens with one attached hydrogen (secondary N) is 1.